The monoisotopic (exact) mass is 205 g/mol. The van der Waals surface area contributed by atoms with Crippen LogP contribution in [0.3, 0.4) is 0 Å². The van der Waals surface area contributed by atoms with Crippen LogP contribution in [0.4, 0.5) is 0 Å². The lowest BCUT2D eigenvalue weighted by Crippen LogP contribution is -2.23. The molecule has 0 heterocycles. The van der Waals surface area contributed by atoms with Crippen molar-refractivity contribution in [3.8, 4) is 0 Å². The van der Waals surface area contributed by atoms with E-state index in [0.717, 1.165) is 13.0 Å². The Kier molecular flexibility index (Phi) is 4.34. The van der Waals surface area contributed by atoms with Crippen LogP contribution in [0.1, 0.15) is 38.3 Å². The molecule has 84 valence electrons. The molecule has 1 rings (SSSR count). The van der Waals surface area contributed by atoms with Crippen LogP contribution in [0.25, 0.3) is 0 Å². The molecule has 1 nitrogen and oxygen atoms in total. The summed E-state index contributed by atoms with van der Waals surface area (Å²) < 4.78 is 0. The lowest BCUT2D eigenvalue weighted by Gasteiger charge is -2.25. The number of benzene rings is 1. The molecule has 0 aromatic heterocycles. The van der Waals surface area contributed by atoms with E-state index in [1.807, 2.05) is 7.05 Å². The Labute approximate surface area is 93.9 Å². The van der Waals surface area contributed by atoms with Crippen LogP contribution < -0.4 is 5.32 Å². The highest BCUT2D eigenvalue weighted by Gasteiger charge is 2.19. The Morgan fingerprint density at radius 2 is 1.73 bits per heavy atom. The summed E-state index contributed by atoms with van der Waals surface area (Å²) in [5, 5.41) is 3.22. The van der Waals surface area contributed by atoms with Gasteiger partial charge < -0.3 is 5.32 Å². The maximum absolute atomic E-state index is 3.22. The third kappa shape index (κ3) is 3.35. The maximum Gasteiger partial charge on any atom is -0.00436 e. The van der Waals surface area contributed by atoms with E-state index in [4.69, 9.17) is 0 Å². The molecule has 1 aromatic carbocycles. The van der Waals surface area contributed by atoms with Gasteiger partial charge in [0.2, 0.25) is 0 Å². The van der Waals surface area contributed by atoms with Gasteiger partial charge in [-0.05, 0) is 43.0 Å². The fraction of sp³-hybridized carbons (Fsp3) is 0.571. The summed E-state index contributed by atoms with van der Waals surface area (Å²) in [6, 6.07) is 9.04. The Bertz CT molecular complexity index is 285. The zero-order valence-corrected chi connectivity index (χ0v) is 10.4. The van der Waals surface area contributed by atoms with Crippen molar-refractivity contribution in [1.29, 1.82) is 0 Å². The zero-order valence-electron chi connectivity index (χ0n) is 10.4. The van der Waals surface area contributed by atoms with Gasteiger partial charge in [0, 0.05) is 0 Å². The Morgan fingerprint density at radius 3 is 2.20 bits per heavy atom. The fourth-order valence-corrected chi connectivity index (χ4v) is 1.77. The first-order valence-corrected chi connectivity index (χ1v) is 5.84. The Hall–Kier alpha value is -0.820. The van der Waals surface area contributed by atoms with Crippen LogP contribution >= 0.6 is 0 Å². The molecule has 1 N–H and O–H groups in total. The number of hydrogen-bond donors (Lipinski definition) is 1. The van der Waals surface area contributed by atoms with E-state index >= 15 is 0 Å². The minimum atomic E-state index is 0.273. The van der Waals surface area contributed by atoms with Crippen molar-refractivity contribution in [2.75, 3.05) is 13.6 Å². The van der Waals surface area contributed by atoms with Crippen LogP contribution in [0.5, 0.6) is 0 Å². The van der Waals surface area contributed by atoms with Crippen LogP contribution in [0.15, 0.2) is 24.3 Å². The molecular weight excluding hydrogens is 182 g/mol. The number of rotatable bonds is 5. The van der Waals surface area contributed by atoms with Gasteiger partial charge in [-0.25, -0.2) is 0 Å². The van der Waals surface area contributed by atoms with Crippen LogP contribution in [-0.4, -0.2) is 13.6 Å². The second-order valence-electron chi connectivity index (χ2n) is 4.79. The lowest BCUT2D eigenvalue weighted by atomic mass is 9.81. The summed E-state index contributed by atoms with van der Waals surface area (Å²) in [6.45, 7) is 7.89. The molecule has 0 amide bonds. The third-order valence-electron chi connectivity index (χ3n) is 3.14. The Balaban J connectivity index is 2.75. The highest BCUT2D eigenvalue weighted by Crippen LogP contribution is 2.26. The smallest absolute Gasteiger partial charge is 0.00436 e. The van der Waals surface area contributed by atoms with E-state index in [2.05, 4.69) is 50.4 Å². The van der Waals surface area contributed by atoms with Crippen LogP contribution in [-0.2, 0) is 11.8 Å². The van der Waals surface area contributed by atoms with Gasteiger partial charge in [0.15, 0.2) is 0 Å². The predicted molar refractivity (Wildman–Crippen MR) is 67.4 cm³/mol. The highest BCUT2D eigenvalue weighted by molar-refractivity contribution is 5.28. The average Bonchev–Trinajstić information content (AvgIpc) is 2.26. The standard InChI is InChI=1S/C14H23N/c1-5-12-6-8-13(9-7-12)14(2,3)10-11-15-4/h6-9,15H,5,10-11H2,1-4H3. The highest BCUT2D eigenvalue weighted by atomic mass is 14.8. The van der Waals surface area contributed by atoms with Gasteiger partial charge >= 0.3 is 0 Å². The van der Waals surface area contributed by atoms with Crippen molar-refractivity contribution in [3.63, 3.8) is 0 Å². The minimum absolute atomic E-state index is 0.273. The summed E-state index contributed by atoms with van der Waals surface area (Å²) in [5.74, 6) is 0. The molecule has 0 unspecified atom stereocenters. The average molecular weight is 205 g/mol. The molecule has 0 atom stereocenters. The summed E-state index contributed by atoms with van der Waals surface area (Å²) in [5.41, 5.74) is 3.13. The summed E-state index contributed by atoms with van der Waals surface area (Å²) in [7, 11) is 2.01. The van der Waals surface area contributed by atoms with Crippen molar-refractivity contribution < 1.29 is 0 Å². The van der Waals surface area contributed by atoms with Gasteiger partial charge in [-0.3, -0.25) is 0 Å². The van der Waals surface area contributed by atoms with Gasteiger partial charge in [0.25, 0.3) is 0 Å². The van der Waals surface area contributed by atoms with E-state index in [0.29, 0.717) is 0 Å². The normalized spacial score (nSPS) is 11.7. The molecule has 0 aliphatic rings. The van der Waals surface area contributed by atoms with Crippen LogP contribution in [0.2, 0.25) is 0 Å². The van der Waals surface area contributed by atoms with Crippen molar-refractivity contribution in [2.24, 2.45) is 0 Å². The van der Waals surface area contributed by atoms with Crippen molar-refractivity contribution in [3.05, 3.63) is 35.4 Å². The van der Waals surface area contributed by atoms with E-state index in [1.165, 1.54) is 17.5 Å². The van der Waals surface area contributed by atoms with Crippen LogP contribution in [0, 0.1) is 0 Å². The third-order valence-corrected chi connectivity index (χ3v) is 3.14. The Morgan fingerprint density at radius 1 is 1.13 bits per heavy atom. The summed E-state index contributed by atoms with van der Waals surface area (Å²) >= 11 is 0. The summed E-state index contributed by atoms with van der Waals surface area (Å²) in [6.07, 6.45) is 2.30. The van der Waals surface area contributed by atoms with Gasteiger partial charge in [0.1, 0.15) is 0 Å². The fourth-order valence-electron chi connectivity index (χ4n) is 1.77. The topological polar surface area (TPSA) is 12.0 Å². The number of hydrogen-bond acceptors (Lipinski definition) is 1. The van der Waals surface area contributed by atoms with E-state index in [1.54, 1.807) is 0 Å². The molecule has 0 radical (unpaired) electrons. The second kappa shape index (κ2) is 5.32. The van der Waals surface area contributed by atoms with Crippen molar-refractivity contribution >= 4 is 0 Å². The van der Waals surface area contributed by atoms with Gasteiger partial charge in [-0.15, -0.1) is 0 Å². The minimum Gasteiger partial charge on any atom is -0.320 e. The van der Waals surface area contributed by atoms with E-state index < -0.39 is 0 Å². The molecule has 0 saturated heterocycles. The molecule has 0 saturated carbocycles. The zero-order chi connectivity index (χ0) is 11.3. The van der Waals surface area contributed by atoms with Crippen molar-refractivity contribution in [2.45, 2.75) is 39.0 Å². The quantitative estimate of drug-likeness (QED) is 0.778. The first-order valence-electron chi connectivity index (χ1n) is 5.84. The van der Waals surface area contributed by atoms with Gasteiger partial charge in [-0.2, -0.15) is 0 Å². The SMILES string of the molecule is CCc1ccc(C(C)(C)CCNC)cc1. The van der Waals surface area contributed by atoms with Crippen molar-refractivity contribution in [1.82, 2.24) is 5.32 Å². The molecule has 0 fully saturated rings. The first kappa shape index (κ1) is 12.3. The number of aryl methyl sites for hydroxylation is 1. The van der Waals surface area contributed by atoms with E-state index in [-0.39, 0.29) is 5.41 Å². The second-order valence-corrected chi connectivity index (χ2v) is 4.79. The molecular formula is C14H23N. The number of nitrogens with one attached hydrogen (secondary N) is 1. The lowest BCUT2D eigenvalue weighted by molar-refractivity contribution is 0.468. The molecule has 0 bridgehead atoms. The molecule has 1 aromatic rings. The first-order chi connectivity index (χ1) is 7.10. The molecule has 15 heavy (non-hydrogen) atoms. The molecule has 0 spiro atoms. The molecule has 0 aliphatic carbocycles. The molecule has 1 heteroatoms. The van der Waals surface area contributed by atoms with E-state index in [9.17, 15) is 0 Å². The van der Waals surface area contributed by atoms with Gasteiger partial charge in [-0.1, -0.05) is 45.0 Å². The maximum atomic E-state index is 3.22. The molecule has 0 aliphatic heterocycles. The summed E-state index contributed by atoms with van der Waals surface area (Å²) in [4.78, 5) is 0. The van der Waals surface area contributed by atoms with Gasteiger partial charge in [0.05, 0.1) is 0 Å². The predicted octanol–water partition coefficient (Wildman–Crippen LogP) is 3.14. The largest absolute Gasteiger partial charge is 0.320 e.